The minimum atomic E-state index is 0.212. The average molecular weight is 289 g/mol. The summed E-state index contributed by atoms with van der Waals surface area (Å²) in [5.41, 5.74) is 3.24. The van der Waals surface area contributed by atoms with Crippen molar-refractivity contribution in [2.45, 2.75) is 65.5 Å². The van der Waals surface area contributed by atoms with Gasteiger partial charge in [-0.1, -0.05) is 52.0 Å². The third kappa shape index (κ3) is 4.82. The maximum atomic E-state index is 6.17. The Balaban J connectivity index is 2.13. The van der Waals surface area contributed by atoms with Gasteiger partial charge in [0.25, 0.3) is 0 Å². The summed E-state index contributed by atoms with van der Waals surface area (Å²) in [5, 5.41) is 3.73. The van der Waals surface area contributed by atoms with Crippen LogP contribution < -0.4 is 5.32 Å². The summed E-state index contributed by atoms with van der Waals surface area (Å²) in [6.45, 7) is 11.1. The topological polar surface area (TPSA) is 21.3 Å². The number of rotatable bonds is 6. The molecule has 0 radical (unpaired) electrons. The molecule has 2 heteroatoms. The number of fused-ring (bicyclic) bond motifs is 1. The molecule has 1 N–H and O–H groups in total. The fraction of sp³-hybridized carbons (Fsp3) is 0.684. The highest BCUT2D eigenvalue weighted by Crippen LogP contribution is 2.33. The first-order chi connectivity index (χ1) is 10.0. The normalized spacial score (nSPS) is 20.1. The van der Waals surface area contributed by atoms with Crippen molar-refractivity contribution < 1.29 is 4.74 Å². The molecule has 2 unspecified atom stereocenters. The van der Waals surface area contributed by atoms with E-state index in [1.807, 2.05) is 0 Å². The van der Waals surface area contributed by atoms with E-state index in [9.17, 15) is 0 Å². The molecule has 1 aromatic rings. The maximum absolute atomic E-state index is 6.17. The Bertz CT molecular complexity index is 435. The van der Waals surface area contributed by atoms with E-state index in [-0.39, 0.29) is 6.10 Å². The molecule has 0 fully saturated rings. The summed E-state index contributed by atoms with van der Waals surface area (Å²) < 4.78 is 6.17. The number of hydrogen-bond acceptors (Lipinski definition) is 2. The molecular formula is C19H31NO. The minimum absolute atomic E-state index is 0.212. The van der Waals surface area contributed by atoms with Crippen molar-refractivity contribution in [3.05, 3.63) is 35.4 Å². The van der Waals surface area contributed by atoms with Crippen LogP contribution in [0, 0.1) is 5.41 Å². The van der Waals surface area contributed by atoms with Gasteiger partial charge in [-0.25, -0.2) is 0 Å². The van der Waals surface area contributed by atoms with Crippen LogP contribution in [0.15, 0.2) is 24.3 Å². The minimum Gasteiger partial charge on any atom is -0.372 e. The average Bonchev–Trinajstić information content (AvgIpc) is 2.46. The van der Waals surface area contributed by atoms with Crippen LogP contribution in [-0.2, 0) is 11.2 Å². The molecule has 0 bridgehead atoms. The van der Waals surface area contributed by atoms with Crippen molar-refractivity contribution in [3.8, 4) is 0 Å². The molecule has 0 aromatic heterocycles. The smallest absolute Gasteiger partial charge is 0.0980 e. The lowest BCUT2D eigenvalue weighted by Crippen LogP contribution is -2.39. The van der Waals surface area contributed by atoms with Gasteiger partial charge in [-0.05, 0) is 48.8 Å². The Morgan fingerprint density at radius 3 is 2.76 bits per heavy atom. The first-order valence-corrected chi connectivity index (χ1v) is 8.44. The molecular weight excluding hydrogens is 258 g/mol. The number of benzene rings is 1. The largest absolute Gasteiger partial charge is 0.372 e. The lowest BCUT2D eigenvalue weighted by atomic mass is 9.85. The lowest BCUT2D eigenvalue weighted by Gasteiger charge is -2.34. The second-order valence-corrected chi connectivity index (χ2v) is 7.40. The van der Waals surface area contributed by atoms with Crippen molar-refractivity contribution in [2.24, 2.45) is 5.41 Å². The molecule has 118 valence electrons. The highest BCUT2D eigenvalue weighted by molar-refractivity contribution is 5.32. The van der Waals surface area contributed by atoms with E-state index in [0.29, 0.717) is 11.5 Å². The van der Waals surface area contributed by atoms with Gasteiger partial charge in [0.2, 0.25) is 0 Å². The summed E-state index contributed by atoms with van der Waals surface area (Å²) in [6.07, 6.45) is 4.81. The van der Waals surface area contributed by atoms with E-state index in [1.54, 1.807) is 0 Å². The van der Waals surface area contributed by atoms with Gasteiger partial charge >= 0.3 is 0 Å². The molecule has 21 heavy (non-hydrogen) atoms. The molecule has 1 aliphatic rings. The van der Waals surface area contributed by atoms with Gasteiger partial charge in [-0.15, -0.1) is 0 Å². The van der Waals surface area contributed by atoms with E-state index in [1.165, 1.54) is 30.4 Å². The Hall–Kier alpha value is -0.860. The molecule has 0 saturated carbocycles. The fourth-order valence-electron chi connectivity index (χ4n) is 3.04. The van der Waals surface area contributed by atoms with E-state index >= 15 is 0 Å². The predicted molar refractivity (Wildman–Crippen MR) is 89.6 cm³/mol. The van der Waals surface area contributed by atoms with Crippen molar-refractivity contribution in [2.75, 3.05) is 13.2 Å². The van der Waals surface area contributed by atoms with Gasteiger partial charge in [-0.3, -0.25) is 0 Å². The highest BCUT2D eigenvalue weighted by Gasteiger charge is 2.29. The zero-order chi connectivity index (χ0) is 15.3. The maximum Gasteiger partial charge on any atom is 0.0980 e. The molecule has 2 nitrogen and oxygen atoms in total. The molecule has 0 aliphatic carbocycles. The van der Waals surface area contributed by atoms with Gasteiger partial charge in [0.1, 0.15) is 0 Å². The van der Waals surface area contributed by atoms with Crippen LogP contribution in [0.4, 0.5) is 0 Å². The van der Waals surface area contributed by atoms with E-state index in [2.05, 4.69) is 57.3 Å². The summed E-state index contributed by atoms with van der Waals surface area (Å²) in [4.78, 5) is 0. The van der Waals surface area contributed by atoms with E-state index < -0.39 is 0 Å². The highest BCUT2D eigenvalue weighted by atomic mass is 16.5. The molecule has 0 saturated heterocycles. The van der Waals surface area contributed by atoms with Crippen LogP contribution in [0.2, 0.25) is 0 Å². The molecule has 1 aromatic carbocycles. The first kappa shape index (κ1) is 16.5. The van der Waals surface area contributed by atoms with Crippen LogP contribution >= 0.6 is 0 Å². The molecule has 1 heterocycles. The predicted octanol–water partition coefficient (Wildman–Crippen LogP) is 4.49. The van der Waals surface area contributed by atoms with E-state index in [0.717, 1.165) is 19.6 Å². The number of nitrogens with one attached hydrogen (secondary N) is 1. The van der Waals surface area contributed by atoms with Gasteiger partial charge < -0.3 is 10.1 Å². The Morgan fingerprint density at radius 1 is 1.29 bits per heavy atom. The monoisotopic (exact) mass is 289 g/mol. The quantitative estimate of drug-likeness (QED) is 0.833. The zero-order valence-corrected chi connectivity index (χ0v) is 14.1. The summed E-state index contributed by atoms with van der Waals surface area (Å²) in [6, 6.07) is 9.21. The SMILES string of the molecule is CCCNC(CCC(C)(C)C)C1OCCc2ccccc21. The standard InChI is InChI=1S/C19H31NO/c1-5-13-20-17(10-12-19(2,3)4)18-16-9-7-6-8-15(16)11-14-21-18/h6-9,17-18,20H,5,10-14H2,1-4H3. The Morgan fingerprint density at radius 2 is 2.05 bits per heavy atom. The van der Waals surface area contributed by atoms with Crippen LogP contribution in [0.5, 0.6) is 0 Å². The number of hydrogen-bond donors (Lipinski definition) is 1. The summed E-state index contributed by atoms with van der Waals surface area (Å²) in [7, 11) is 0. The third-order valence-electron chi connectivity index (χ3n) is 4.26. The Labute approximate surface area is 130 Å². The van der Waals surface area contributed by atoms with Crippen LogP contribution in [0.25, 0.3) is 0 Å². The Kier molecular flexibility index (Phi) is 5.83. The first-order valence-electron chi connectivity index (χ1n) is 8.44. The summed E-state index contributed by atoms with van der Waals surface area (Å²) in [5.74, 6) is 0. The second kappa shape index (κ2) is 7.42. The number of ether oxygens (including phenoxy) is 1. The van der Waals surface area contributed by atoms with Gasteiger partial charge in [-0.2, -0.15) is 0 Å². The molecule has 1 aliphatic heterocycles. The third-order valence-corrected chi connectivity index (χ3v) is 4.26. The van der Waals surface area contributed by atoms with Gasteiger partial charge in [0.05, 0.1) is 12.7 Å². The van der Waals surface area contributed by atoms with Gasteiger partial charge in [0, 0.05) is 6.04 Å². The molecule has 0 amide bonds. The zero-order valence-electron chi connectivity index (χ0n) is 14.1. The van der Waals surface area contributed by atoms with Crippen molar-refractivity contribution in [1.29, 1.82) is 0 Å². The second-order valence-electron chi connectivity index (χ2n) is 7.40. The fourth-order valence-corrected chi connectivity index (χ4v) is 3.04. The van der Waals surface area contributed by atoms with Crippen LogP contribution in [0.3, 0.4) is 0 Å². The molecule has 0 spiro atoms. The van der Waals surface area contributed by atoms with Crippen molar-refractivity contribution >= 4 is 0 Å². The van der Waals surface area contributed by atoms with E-state index in [4.69, 9.17) is 4.74 Å². The van der Waals surface area contributed by atoms with Crippen molar-refractivity contribution in [3.63, 3.8) is 0 Å². The molecule has 2 rings (SSSR count). The molecule has 2 atom stereocenters. The van der Waals surface area contributed by atoms with Gasteiger partial charge in [0.15, 0.2) is 0 Å². The summed E-state index contributed by atoms with van der Waals surface area (Å²) >= 11 is 0. The lowest BCUT2D eigenvalue weighted by molar-refractivity contribution is 0.0108. The van der Waals surface area contributed by atoms with Crippen LogP contribution in [-0.4, -0.2) is 19.2 Å². The van der Waals surface area contributed by atoms with Crippen LogP contribution in [0.1, 0.15) is 64.2 Å². The van der Waals surface area contributed by atoms with Crippen molar-refractivity contribution in [1.82, 2.24) is 5.32 Å².